The topological polar surface area (TPSA) is 169 Å². The summed E-state index contributed by atoms with van der Waals surface area (Å²) in [6.45, 7) is 14.2. The van der Waals surface area contributed by atoms with Crippen LogP contribution in [-0.2, 0) is 14.2 Å². The maximum absolute atomic E-state index is 12.0. The summed E-state index contributed by atoms with van der Waals surface area (Å²) in [5.74, 6) is 0.0768. The molecule has 2 spiro atoms. The fraction of sp³-hybridized carbons (Fsp3) is 1.00. The molecule has 2 heterocycles. The van der Waals surface area contributed by atoms with Crippen LogP contribution in [0.5, 0.6) is 0 Å². The molecule has 7 aliphatic rings. The predicted octanol–water partition coefficient (Wildman–Crippen LogP) is 2.26. The molecule has 7 fully saturated rings. The number of hydrogen-bond donors (Lipinski definition) is 7. The molecule has 0 unspecified atom stereocenters. The summed E-state index contributed by atoms with van der Waals surface area (Å²) < 4.78 is 19.4. The summed E-state index contributed by atoms with van der Waals surface area (Å²) in [6, 6.07) is 0. The molecule has 0 aromatic heterocycles. The molecule has 0 amide bonds. The lowest BCUT2D eigenvalue weighted by Crippen LogP contribution is -2.64. The Bertz CT molecular complexity index is 1200. The van der Waals surface area contributed by atoms with Gasteiger partial charge in [0.05, 0.1) is 42.2 Å². The van der Waals surface area contributed by atoms with E-state index < -0.39 is 72.2 Å². The van der Waals surface area contributed by atoms with E-state index >= 15 is 0 Å². The van der Waals surface area contributed by atoms with Gasteiger partial charge in [0.25, 0.3) is 0 Å². The van der Waals surface area contributed by atoms with Crippen LogP contribution in [0.3, 0.4) is 0 Å². The zero-order chi connectivity index (χ0) is 33.6. The van der Waals surface area contributed by atoms with Gasteiger partial charge in [-0.2, -0.15) is 0 Å². The first kappa shape index (κ1) is 34.1. The fourth-order valence-corrected chi connectivity index (χ4v) is 13.6. The highest BCUT2D eigenvalue weighted by Gasteiger charge is 2.85. The fourth-order valence-electron chi connectivity index (χ4n) is 13.6. The van der Waals surface area contributed by atoms with Crippen molar-refractivity contribution in [3.63, 3.8) is 0 Å². The van der Waals surface area contributed by atoms with E-state index in [0.717, 1.165) is 38.5 Å². The van der Waals surface area contributed by atoms with Crippen molar-refractivity contribution in [3.8, 4) is 0 Å². The normalized spacial score (nSPS) is 59.3. The molecule has 2 aliphatic heterocycles. The molecular formula is C36H60O10. The molecule has 264 valence electrons. The Morgan fingerprint density at radius 3 is 2.13 bits per heavy atom. The number of hydrogen-bond acceptors (Lipinski definition) is 10. The molecule has 2 saturated heterocycles. The van der Waals surface area contributed by atoms with Crippen LogP contribution in [0.25, 0.3) is 0 Å². The average Bonchev–Trinajstić information content (AvgIpc) is 3.33. The van der Waals surface area contributed by atoms with Gasteiger partial charge in [-0.05, 0) is 117 Å². The van der Waals surface area contributed by atoms with E-state index in [1.165, 1.54) is 0 Å². The Hall–Kier alpha value is -0.400. The van der Waals surface area contributed by atoms with Gasteiger partial charge in [-0.25, -0.2) is 0 Å². The SMILES string of the molecule is CC(C)(O)[C@@H]1CC[C@](C)([C@H]2[C@@H](O)C[C@@]3(C)[C@@H]4C[C@H](O[C@@H]5O[C@H](CO)[C@@H](O)[C@H](O)[C@H]5O)[C@H]5C(C)(C)[C@@H](O)CC[C@@]56C[C@@]46CC[C@]23C)O1. The number of fused-ring (bicyclic) bond motifs is 2. The van der Waals surface area contributed by atoms with Crippen molar-refractivity contribution in [3.05, 3.63) is 0 Å². The second kappa shape index (κ2) is 10.3. The van der Waals surface area contributed by atoms with Crippen LogP contribution < -0.4 is 0 Å². The van der Waals surface area contributed by atoms with Gasteiger partial charge < -0.3 is 50.0 Å². The van der Waals surface area contributed by atoms with E-state index in [0.29, 0.717) is 19.3 Å². The van der Waals surface area contributed by atoms with E-state index in [2.05, 4.69) is 34.6 Å². The van der Waals surface area contributed by atoms with Crippen LogP contribution in [0.4, 0.5) is 0 Å². The monoisotopic (exact) mass is 652 g/mol. The van der Waals surface area contributed by atoms with Crippen molar-refractivity contribution >= 4 is 0 Å². The number of rotatable bonds is 5. The van der Waals surface area contributed by atoms with Gasteiger partial charge in [0.1, 0.15) is 24.4 Å². The van der Waals surface area contributed by atoms with Crippen molar-refractivity contribution in [1.82, 2.24) is 0 Å². The van der Waals surface area contributed by atoms with E-state index in [-0.39, 0.29) is 45.5 Å². The molecule has 17 atom stereocenters. The Balaban J connectivity index is 1.26. The first-order valence-corrected chi connectivity index (χ1v) is 17.9. The average molecular weight is 653 g/mol. The van der Waals surface area contributed by atoms with E-state index in [1.54, 1.807) is 13.8 Å². The maximum Gasteiger partial charge on any atom is 0.186 e. The minimum absolute atomic E-state index is 0.0225. The van der Waals surface area contributed by atoms with E-state index in [9.17, 15) is 35.7 Å². The van der Waals surface area contributed by atoms with Crippen molar-refractivity contribution in [2.75, 3.05) is 6.61 Å². The zero-order valence-electron chi connectivity index (χ0n) is 28.9. The third-order valence-electron chi connectivity index (χ3n) is 15.9. The first-order chi connectivity index (χ1) is 21.2. The third kappa shape index (κ3) is 4.24. The molecular weight excluding hydrogens is 592 g/mol. The molecule has 5 aliphatic carbocycles. The zero-order valence-corrected chi connectivity index (χ0v) is 28.9. The summed E-state index contributed by atoms with van der Waals surface area (Å²) in [7, 11) is 0. The minimum Gasteiger partial charge on any atom is -0.394 e. The Morgan fingerprint density at radius 1 is 0.804 bits per heavy atom. The second-order valence-corrected chi connectivity index (χ2v) is 18.7. The third-order valence-corrected chi connectivity index (χ3v) is 15.9. The molecule has 0 radical (unpaired) electrons. The summed E-state index contributed by atoms with van der Waals surface area (Å²) in [5, 5.41) is 76.2. The summed E-state index contributed by atoms with van der Waals surface area (Å²) in [6.07, 6.45) is -1.07. The lowest BCUT2D eigenvalue weighted by molar-refractivity contribution is -0.331. The number of ether oxygens (including phenoxy) is 3. The molecule has 5 saturated carbocycles. The van der Waals surface area contributed by atoms with Crippen LogP contribution in [0, 0.1) is 44.8 Å². The smallest absolute Gasteiger partial charge is 0.186 e. The van der Waals surface area contributed by atoms with Gasteiger partial charge in [0, 0.05) is 5.92 Å². The Kier molecular flexibility index (Phi) is 7.65. The van der Waals surface area contributed by atoms with Crippen molar-refractivity contribution in [1.29, 1.82) is 0 Å². The van der Waals surface area contributed by atoms with Gasteiger partial charge >= 0.3 is 0 Å². The highest BCUT2D eigenvalue weighted by atomic mass is 16.7. The molecule has 0 aromatic rings. The van der Waals surface area contributed by atoms with Gasteiger partial charge in [-0.3, -0.25) is 0 Å². The standard InChI is InChI=1S/C36H60O10/c1-30(2)22(39)8-11-36-17-35(36)13-12-32(5)27(34(7)10-9-23(46-34)31(3,4)43)18(38)15-33(32,6)21(35)14-19(28(30)36)44-29-26(42)25(41)24(40)20(16-37)45-29/h18-29,37-43H,8-17H2,1-7H3/t18-,19-,20+,21-,22-,23-,24+,25-,26+,27-,28-,29+,32+,33-,34+,35-,36+/m0/s1. The Labute approximate surface area is 273 Å². The van der Waals surface area contributed by atoms with Crippen molar-refractivity contribution in [2.24, 2.45) is 44.8 Å². The van der Waals surface area contributed by atoms with Crippen LogP contribution >= 0.6 is 0 Å². The molecule has 10 nitrogen and oxygen atoms in total. The highest BCUT2D eigenvalue weighted by molar-refractivity contribution is 5.33. The Morgan fingerprint density at radius 2 is 1.50 bits per heavy atom. The summed E-state index contributed by atoms with van der Waals surface area (Å²) in [4.78, 5) is 0. The molecule has 46 heavy (non-hydrogen) atoms. The lowest BCUT2D eigenvalue weighted by atomic mass is 9.41. The summed E-state index contributed by atoms with van der Waals surface area (Å²) in [5.41, 5.74) is -2.50. The molecule has 7 N–H and O–H groups in total. The predicted molar refractivity (Wildman–Crippen MR) is 167 cm³/mol. The molecule has 0 bridgehead atoms. The quantitative estimate of drug-likeness (QED) is 0.219. The number of aliphatic hydroxyl groups excluding tert-OH is 6. The second-order valence-electron chi connectivity index (χ2n) is 18.7. The van der Waals surface area contributed by atoms with Gasteiger partial charge in [0.15, 0.2) is 6.29 Å². The van der Waals surface area contributed by atoms with Gasteiger partial charge in [-0.15, -0.1) is 0 Å². The van der Waals surface area contributed by atoms with Gasteiger partial charge in [0.2, 0.25) is 0 Å². The molecule has 0 aromatic carbocycles. The van der Waals surface area contributed by atoms with Crippen molar-refractivity contribution in [2.45, 2.75) is 173 Å². The summed E-state index contributed by atoms with van der Waals surface area (Å²) >= 11 is 0. The lowest BCUT2D eigenvalue weighted by Gasteiger charge is -2.65. The van der Waals surface area contributed by atoms with Crippen molar-refractivity contribution < 1.29 is 50.0 Å². The molecule has 7 rings (SSSR count). The van der Waals surface area contributed by atoms with Crippen LogP contribution in [0.1, 0.15) is 106 Å². The van der Waals surface area contributed by atoms with Crippen LogP contribution in [0.2, 0.25) is 0 Å². The number of aliphatic hydroxyl groups is 7. The van der Waals surface area contributed by atoms with Crippen LogP contribution in [0.15, 0.2) is 0 Å². The van der Waals surface area contributed by atoms with Gasteiger partial charge in [-0.1, -0.05) is 27.7 Å². The van der Waals surface area contributed by atoms with Crippen LogP contribution in [-0.4, -0.2) is 109 Å². The first-order valence-electron chi connectivity index (χ1n) is 17.9. The minimum atomic E-state index is -1.53. The molecule has 10 heteroatoms. The van der Waals surface area contributed by atoms with E-state index in [4.69, 9.17) is 14.2 Å². The largest absolute Gasteiger partial charge is 0.394 e. The highest BCUT2D eigenvalue weighted by Crippen LogP contribution is 2.89. The van der Waals surface area contributed by atoms with E-state index in [1.807, 2.05) is 0 Å². The maximum atomic E-state index is 12.0.